The third-order valence-electron chi connectivity index (χ3n) is 7.08. The fourth-order valence-electron chi connectivity index (χ4n) is 5.10. The Morgan fingerprint density at radius 3 is 2.62 bits per heavy atom. The zero-order valence-electron chi connectivity index (χ0n) is 19.6. The van der Waals surface area contributed by atoms with Crippen molar-refractivity contribution in [2.75, 3.05) is 11.9 Å². The van der Waals surface area contributed by atoms with Crippen molar-refractivity contribution < 1.29 is 14.0 Å². The third-order valence-corrected chi connectivity index (χ3v) is 7.08. The second kappa shape index (κ2) is 10.3. The van der Waals surface area contributed by atoms with Gasteiger partial charge in [0.2, 0.25) is 11.8 Å². The second-order valence-corrected chi connectivity index (χ2v) is 9.51. The van der Waals surface area contributed by atoms with Crippen molar-refractivity contribution in [2.24, 2.45) is 5.92 Å². The molecule has 5 rings (SSSR count). The zero-order chi connectivity index (χ0) is 23.3. The van der Waals surface area contributed by atoms with E-state index in [2.05, 4.69) is 17.4 Å². The highest BCUT2D eigenvalue weighted by Gasteiger charge is 2.25. The summed E-state index contributed by atoms with van der Waals surface area (Å²) in [6.45, 7) is 1.27. The van der Waals surface area contributed by atoms with E-state index in [9.17, 15) is 9.59 Å². The zero-order valence-corrected chi connectivity index (χ0v) is 19.6. The Kier molecular flexibility index (Phi) is 6.79. The molecule has 0 radical (unpaired) electrons. The lowest BCUT2D eigenvalue weighted by Gasteiger charge is -2.26. The van der Waals surface area contributed by atoms with Gasteiger partial charge in [0.25, 0.3) is 0 Å². The molecule has 2 heterocycles. The topological polar surface area (TPSA) is 62.6 Å². The molecule has 5 nitrogen and oxygen atoms in total. The molecule has 1 N–H and O–H groups in total. The highest BCUT2D eigenvalue weighted by atomic mass is 16.3. The van der Waals surface area contributed by atoms with E-state index < -0.39 is 0 Å². The van der Waals surface area contributed by atoms with Crippen molar-refractivity contribution in [3.63, 3.8) is 0 Å². The molecular weight excluding hydrogens is 424 g/mol. The van der Waals surface area contributed by atoms with Crippen LogP contribution in [0.25, 0.3) is 11.3 Å². The van der Waals surface area contributed by atoms with Crippen LogP contribution in [0, 0.1) is 5.92 Å². The number of rotatable bonds is 6. The van der Waals surface area contributed by atoms with Gasteiger partial charge in [0.15, 0.2) is 0 Å². The normalized spacial score (nSPS) is 16.2. The largest absolute Gasteiger partial charge is 0.461 e. The van der Waals surface area contributed by atoms with Crippen molar-refractivity contribution in [1.29, 1.82) is 0 Å². The standard InChI is InChI=1S/C29H32N2O3/c32-28(15-14-21-8-3-1-4-9-21)31-17-16-26-24(20-31)19-27(34-26)23-12-7-13-25(18-23)30-29(33)22-10-5-2-6-11-22/h1,3-4,7-9,12-13,18-19,22H,2,5-6,10-11,14-17,20H2,(H,30,33). The number of hydrogen-bond donors (Lipinski definition) is 1. The van der Waals surface area contributed by atoms with Gasteiger partial charge in [-0.25, -0.2) is 0 Å². The molecular formula is C29H32N2O3. The summed E-state index contributed by atoms with van der Waals surface area (Å²) in [4.78, 5) is 27.4. The monoisotopic (exact) mass is 456 g/mol. The Bertz CT molecular complexity index is 1150. The Morgan fingerprint density at radius 1 is 0.971 bits per heavy atom. The van der Waals surface area contributed by atoms with Gasteiger partial charge in [0, 0.05) is 48.7 Å². The van der Waals surface area contributed by atoms with Crippen LogP contribution in [0.15, 0.2) is 65.1 Å². The molecule has 0 bridgehead atoms. The van der Waals surface area contributed by atoms with E-state index in [1.807, 2.05) is 53.4 Å². The number of nitrogens with zero attached hydrogens (tertiary/aromatic N) is 1. The number of benzene rings is 2. The Labute approximate surface area is 201 Å². The van der Waals surface area contributed by atoms with Gasteiger partial charge in [-0.3, -0.25) is 9.59 Å². The summed E-state index contributed by atoms with van der Waals surface area (Å²) < 4.78 is 6.18. The summed E-state index contributed by atoms with van der Waals surface area (Å²) in [5, 5.41) is 3.10. The van der Waals surface area contributed by atoms with Gasteiger partial charge in [-0.1, -0.05) is 61.7 Å². The minimum absolute atomic E-state index is 0.124. The molecule has 2 aromatic carbocycles. The molecule has 3 aromatic rings. The number of amides is 2. The van der Waals surface area contributed by atoms with Crippen LogP contribution in [-0.2, 0) is 29.0 Å². The molecule has 0 atom stereocenters. The Morgan fingerprint density at radius 2 is 1.79 bits per heavy atom. The number of anilines is 1. The third kappa shape index (κ3) is 5.24. The summed E-state index contributed by atoms with van der Waals surface area (Å²) in [7, 11) is 0. The fraction of sp³-hybridized carbons (Fsp3) is 0.379. The summed E-state index contributed by atoms with van der Waals surface area (Å²) in [6, 6.07) is 20.1. The number of aryl methyl sites for hydroxylation is 1. The molecule has 1 aliphatic heterocycles. The fourth-order valence-corrected chi connectivity index (χ4v) is 5.10. The van der Waals surface area contributed by atoms with E-state index in [0.717, 1.165) is 66.9 Å². The van der Waals surface area contributed by atoms with Crippen LogP contribution in [0.3, 0.4) is 0 Å². The van der Waals surface area contributed by atoms with Gasteiger partial charge in [-0.05, 0) is 43.0 Å². The molecule has 1 saturated carbocycles. The SMILES string of the molecule is O=C(Nc1cccc(-c2cc3c(o2)CCN(C(=O)CCc2ccccc2)C3)c1)C1CCCCC1. The van der Waals surface area contributed by atoms with E-state index in [4.69, 9.17) is 4.42 Å². The van der Waals surface area contributed by atoms with Crippen molar-refractivity contribution in [2.45, 2.75) is 57.9 Å². The van der Waals surface area contributed by atoms with Crippen LogP contribution < -0.4 is 5.32 Å². The van der Waals surface area contributed by atoms with Crippen LogP contribution in [0.4, 0.5) is 5.69 Å². The molecule has 0 unspecified atom stereocenters. The van der Waals surface area contributed by atoms with E-state index in [-0.39, 0.29) is 17.7 Å². The van der Waals surface area contributed by atoms with Crippen molar-refractivity contribution in [3.8, 4) is 11.3 Å². The number of hydrogen-bond acceptors (Lipinski definition) is 3. The van der Waals surface area contributed by atoms with Crippen LogP contribution in [0.5, 0.6) is 0 Å². The first-order valence-corrected chi connectivity index (χ1v) is 12.5. The van der Waals surface area contributed by atoms with E-state index >= 15 is 0 Å². The van der Waals surface area contributed by atoms with Crippen LogP contribution in [0.2, 0.25) is 0 Å². The quantitative estimate of drug-likeness (QED) is 0.496. The van der Waals surface area contributed by atoms with Gasteiger partial charge in [0.05, 0.1) is 0 Å². The Hall–Kier alpha value is -3.34. The van der Waals surface area contributed by atoms with Gasteiger partial charge in [-0.15, -0.1) is 0 Å². The highest BCUT2D eigenvalue weighted by Crippen LogP contribution is 2.32. The van der Waals surface area contributed by atoms with Gasteiger partial charge in [0.1, 0.15) is 11.5 Å². The van der Waals surface area contributed by atoms with Crippen molar-refractivity contribution in [3.05, 3.63) is 77.6 Å². The number of carbonyl (C=O) groups excluding carboxylic acids is 2. The Balaban J connectivity index is 1.22. The van der Waals surface area contributed by atoms with Crippen LogP contribution in [-0.4, -0.2) is 23.3 Å². The van der Waals surface area contributed by atoms with Gasteiger partial charge in [-0.2, -0.15) is 0 Å². The van der Waals surface area contributed by atoms with Gasteiger partial charge < -0.3 is 14.6 Å². The molecule has 2 aliphatic rings. The molecule has 176 valence electrons. The van der Waals surface area contributed by atoms with E-state index in [1.165, 1.54) is 12.0 Å². The predicted octanol–water partition coefficient (Wildman–Crippen LogP) is 5.98. The van der Waals surface area contributed by atoms with Gasteiger partial charge >= 0.3 is 0 Å². The maximum atomic E-state index is 12.8. The van der Waals surface area contributed by atoms with Crippen LogP contribution >= 0.6 is 0 Å². The number of carbonyl (C=O) groups is 2. The second-order valence-electron chi connectivity index (χ2n) is 9.51. The first kappa shape index (κ1) is 22.5. The van der Waals surface area contributed by atoms with E-state index in [1.54, 1.807) is 0 Å². The minimum atomic E-state index is 0.124. The van der Waals surface area contributed by atoms with Crippen LogP contribution in [0.1, 0.15) is 55.4 Å². The summed E-state index contributed by atoms with van der Waals surface area (Å²) in [5.41, 5.74) is 4.01. The van der Waals surface area contributed by atoms with Crippen molar-refractivity contribution in [1.82, 2.24) is 4.90 Å². The lowest BCUT2D eigenvalue weighted by atomic mass is 9.88. The lowest BCUT2D eigenvalue weighted by Crippen LogP contribution is -2.35. The summed E-state index contributed by atoms with van der Waals surface area (Å²) >= 11 is 0. The summed E-state index contributed by atoms with van der Waals surface area (Å²) in [5.74, 6) is 2.18. The average molecular weight is 457 g/mol. The number of fused-ring (bicyclic) bond motifs is 1. The smallest absolute Gasteiger partial charge is 0.227 e. The van der Waals surface area contributed by atoms with Crippen molar-refractivity contribution >= 4 is 17.5 Å². The molecule has 1 aliphatic carbocycles. The molecule has 34 heavy (non-hydrogen) atoms. The van der Waals surface area contributed by atoms with E-state index in [0.29, 0.717) is 19.5 Å². The lowest BCUT2D eigenvalue weighted by molar-refractivity contribution is -0.132. The molecule has 0 spiro atoms. The molecule has 0 saturated heterocycles. The molecule has 1 aromatic heterocycles. The predicted molar refractivity (Wildman–Crippen MR) is 133 cm³/mol. The highest BCUT2D eigenvalue weighted by molar-refractivity contribution is 5.93. The average Bonchev–Trinajstić information content (AvgIpc) is 3.32. The number of furan rings is 1. The molecule has 5 heteroatoms. The minimum Gasteiger partial charge on any atom is -0.461 e. The number of nitrogens with one attached hydrogen (secondary N) is 1. The first-order valence-electron chi connectivity index (χ1n) is 12.5. The molecule has 1 fully saturated rings. The first-order chi connectivity index (χ1) is 16.7. The maximum absolute atomic E-state index is 12.8. The maximum Gasteiger partial charge on any atom is 0.227 e. The summed E-state index contributed by atoms with van der Waals surface area (Å²) in [6.07, 6.45) is 7.49. The molecule has 2 amide bonds.